The Hall–Kier alpha value is -1.62. The van der Waals surface area contributed by atoms with E-state index >= 15 is 0 Å². The third kappa shape index (κ3) is 4.20. The Bertz CT molecular complexity index is 449. The summed E-state index contributed by atoms with van der Waals surface area (Å²) in [4.78, 5) is 12.9. The van der Waals surface area contributed by atoms with Crippen LogP contribution in [0.15, 0.2) is 18.2 Å². The second kappa shape index (κ2) is 7.85. The van der Waals surface area contributed by atoms with Crippen LogP contribution in [0, 0.1) is 10.1 Å². The highest BCUT2D eigenvalue weighted by Crippen LogP contribution is 2.24. The van der Waals surface area contributed by atoms with Crippen molar-refractivity contribution < 1.29 is 4.92 Å². The smallest absolute Gasteiger partial charge is 0.269 e. The van der Waals surface area contributed by atoms with Crippen LogP contribution in [0.1, 0.15) is 39.7 Å². The highest BCUT2D eigenvalue weighted by Gasteiger charge is 2.15. The van der Waals surface area contributed by atoms with E-state index in [0.717, 1.165) is 37.3 Å². The standard InChI is InChI=1S/C15H25N3O2/c1-5-12(4)17(7-3)11-13-10-14(18(19)20)8-9-15(13)16-6-2/h8-10,12,16H,5-7,11H2,1-4H3. The second-order valence-corrected chi connectivity index (χ2v) is 4.95. The molecule has 0 saturated heterocycles. The Morgan fingerprint density at radius 1 is 1.35 bits per heavy atom. The minimum Gasteiger partial charge on any atom is -0.385 e. The Balaban J connectivity index is 3.05. The average Bonchev–Trinajstić information content (AvgIpc) is 2.45. The van der Waals surface area contributed by atoms with Crippen LogP contribution < -0.4 is 5.32 Å². The number of nitrogens with one attached hydrogen (secondary N) is 1. The third-order valence-corrected chi connectivity index (χ3v) is 3.66. The quantitative estimate of drug-likeness (QED) is 0.583. The van der Waals surface area contributed by atoms with Crippen LogP contribution in [0.2, 0.25) is 0 Å². The highest BCUT2D eigenvalue weighted by atomic mass is 16.6. The largest absolute Gasteiger partial charge is 0.385 e. The summed E-state index contributed by atoms with van der Waals surface area (Å²) in [5.41, 5.74) is 2.13. The third-order valence-electron chi connectivity index (χ3n) is 3.66. The van der Waals surface area contributed by atoms with Gasteiger partial charge in [0.05, 0.1) is 4.92 Å². The number of non-ortho nitro benzene ring substituents is 1. The van der Waals surface area contributed by atoms with Crippen molar-refractivity contribution in [3.63, 3.8) is 0 Å². The molecule has 1 N–H and O–H groups in total. The van der Waals surface area contributed by atoms with Gasteiger partial charge >= 0.3 is 0 Å². The van der Waals surface area contributed by atoms with Gasteiger partial charge in [0.25, 0.3) is 5.69 Å². The number of hydrogen-bond acceptors (Lipinski definition) is 4. The molecule has 0 saturated carbocycles. The molecule has 1 rings (SSSR count). The van der Waals surface area contributed by atoms with E-state index in [0.29, 0.717) is 6.04 Å². The molecule has 0 fully saturated rings. The Morgan fingerprint density at radius 2 is 2.05 bits per heavy atom. The first-order valence-corrected chi connectivity index (χ1v) is 7.28. The predicted octanol–water partition coefficient (Wildman–Crippen LogP) is 3.65. The maximum Gasteiger partial charge on any atom is 0.269 e. The predicted molar refractivity (Wildman–Crippen MR) is 83.1 cm³/mol. The van der Waals surface area contributed by atoms with Crippen molar-refractivity contribution in [2.45, 2.75) is 46.7 Å². The van der Waals surface area contributed by atoms with E-state index in [4.69, 9.17) is 0 Å². The first-order chi connectivity index (χ1) is 9.53. The van der Waals surface area contributed by atoms with Gasteiger partial charge in [0.1, 0.15) is 0 Å². The minimum absolute atomic E-state index is 0.154. The van der Waals surface area contributed by atoms with E-state index in [1.54, 1.807) is 18.2 Å². The number of anilines is 1. The fraction of sp³-hybridized carbons (Fsp3) is 0.600. The Labute approximate surface area is 121 Å². The van der Waals surface area contributed by atoms with Gasteiger partial charge in [-0.15, -0.1) is 0 Å². The molecule has 0 heterocycles. The minimum atomic E-state index is -0.335. The van der Waals surface area contributed by atoms with Crippen LogP contribution in [0.3, 0.4) is 0 Å². The molecule has 0 bridgehead atoms. The molecule has 1 aromatic carbocycles. The van der Waals surface area contributed by atoms with Gasteiger partial charge in [-0.2, -0.15) is 0 Å². The summed E-state index contributed by atoms with van der Waals surface area (Å²) in [6.45, 7) is 11.0. The Morgan fingerprint density at radius 3 is 2.55 bits per heavy atom. The maximum absolute atomic E-state index is 10.9. The van der Waals surface area contributed by atoms with Gasteiger partial charge in [-0.1, -0.05) is 13.8 Å². The highest BCUT2D eigenvalue weighted by molar-refractivity contribution is 5.56. The van der Waals surface area contributed by atoms with Crippen molar-refractivity contribution in [3.8, 4) is 0 Å². The lowest BCUT2D eigenvalue weighted by molar-refractivity contribution is -0.384. The second-order valence-electron chi connectivity index (χ2n) is 4.95. The first kappa shape index (κ1) is 16.4. The first-order valence-electron chi connectivity index (χ1n) is 7.28. The fourth-order valence-electron chi connectivity index (χ4n) is 2.24. The van der Waals surface area contributed by atoms with Crippen LogP contribution in [0.4, 0.5) is 11.4 Å². The summed E-state index contributed by atoms with van der Waals surface area (Å²) in [5.74, 6) is 0. The van der Waals surface area contributed by atoms with Crippen molar-refractivity contribution in [3.05, 3.63) is 33.9 Å². The summed E-state index contributed by atoms with van der Waals surface area (Å²) in [7, 11) is 0. The van der Waals surface area contributed by atoms with Crippen LogP contribution >= 0.6 is 0 Å². The number of nitro groups is 1. The zero-order chi connectivity index (χ0) is 15.1. The van der Waals surface area contributed by atoms with Crippen LogP contribution in [-0.4, -0.2) is 29.0 Å². The van der Waals surface area contributed by atoms with Gasteiger partial charge in [-0.05, 0) is 38.4 Å². The molecular formula is C15H25N3O2. The molecule has 112 valence electrons. The molecule has 20 heavy (non-hydrogen) atoms. The molecule has 0 spiro atoms. The van der Waals surface area contributed by atoms with E-state index in [1.165, 1.54) is 0 Å². The molecule has 0 amide bonds. The van der Waals surface area contributed by atoms with E-state index in [-0.39, 0.29) is 10.6 Å². The number of nitro benzene ring substituents is 1. The van der Waals surface area contributed by atoms with E-state index in [9.17, 15) is 10.1 Å². The van der Waals surface area contributed by atoms with E-state index in [1.807, 2.05) is 6.92 Å². The molecule has 0 aliphatic carbocycles. The summed E-state index contributed by atoms with van der Waals surface area (Å²) < 4.78 is 0. The van der Waals surface area contributed by atoms with Gasteiger partial charge in [0.15, 0.2) is 0 Å². The summed E-state index contributed by atoms with van der Waals surface area (Å²) in [6.07, 6.45) is 1.07. The lowest BCUT2D eigenvalue weighted by Gasteiger charge is -2.27. The van der Waals surface area contributed by atoms with Crippen LogP contribution in [0.25, 0.3) is 0 Å². The topological polar surface area (TPSA) is 58.4 Å². The molecule has 5 heteroatoms. The SMILES string of the molecule is CCNc1ccc([N+](=O)[O-])cc1CN(CC)C(C)CC. The Kier molecular flexibility index (Phi) is 6.45. The van der Waals surface area contributed by atoms with Gasteiger partial charge in [0.2, 0.25) is 0 Å². The number of rotatable bonds is 8. The molecule has 0 aliphatic heterocycles. The van der Waals surface area contributed by atoms with Gasteiger partial charge < -0.3 is 5.32 Å². The zero-order valence-electron chi connectivity index (χ0n) is 12.8. The summed E-state index contributed by atoms with van der Waals surface area (Å²) in [6, 6.07) is 5.51. The molecule has 0 aromatic heterocycles. The number of nitrogens with zero attached hydrogens (tertiary/aromatic N) is 2. The lowest BCUT2D eigenvalue weighted by atomic mass is 10.1. The van der Waals surface area contributed by atoms with Crippen molar-refractivity contribution in [1.82, 2.24) is 4.90 Å². The molecular weight excluding hydrogens is 254 g/mol. The maximum atomic E-state index is 10.9. The molecule has 0 aliphatic rings. The van der Waals surface area contributed by atoms with Crippen LogP contribution in [-0.2, 0) is 6.54 Å². The van der Waals surface area contributed by atoms with E-state index in [2.05, 4.69) is 31.0 Å². The molecule has 5 nitrogen and oxygen atoms in total. The normalized spacial score (nSPS) is 12.4. The van der Waals surface area contributed by atoms with Gasteiger partial charge in [0, 0.05) is 37.0 Å². The molecule has 1 unspecified atom stereocenters. The van der Waals surface area contributed by atoms with Crippen molar-refractivity contribution >= 4 is 11.4 Å². The molecule has 1 atom stereocenters. The summed E-state index contributed by atoms with van der Waals surface area (Å²) >= 11 is 0. The van der Waals surface area contributed by atoms with Crippen molar-refractivity contribution in [1.29, 1.82) is 0 Å². The fourth-order valence-corrected chi connectivity index (χ4v) is 2.24. The zero-order valence-corrected chi connectivity index (χ0v) is 12.8. The van der Waals surface area contributed by atoms with Gasteiger partial charge in [-0.25, -0.2) is 0 Å². The summed E-state index contributed by atoms with van der Waals surface area (Å²) in [5, 5.41) is 14.2. The van der Waals surface area contributed by atoms with Crippen LogP contribution in [0.5, 0.6) is 0 Å². The van der Waals surface area contributed by atoms with E-state index < -0.39 is 0 Å². The molecule has 1 aromatic rings. The van der Waals surface area contributed by atoms with Gasteiger partial charge in [-0.3, -0.25) is 15.0 Å². The monoisotopic (exact) mass is 279 g/mol. The number of benzene rings is 1. The van der Waals surface area contributed by atoms with Crippen molar-refractivity contribution in [2.24, 2.45) is 0 Å². The van der Waals surface area contributed by atoms with Crippen molar-refractivity contribution in [2.75, 3.05) is 18.4 Å². The lowest BCUT2D eigenvalue weighted by Crippen LogP contribution is -2.32. The average molecular weight is 279 g/mol. The molecule has 0 radical (unpaired) electrons. The number of hydrogen-bond donors (Lipinski definition) is 1.